The molecule has 0 heterocycles. The average Bonchev–Trinajstić information content (AvgIpc) is 2.93. The van der Waals surface area contributed by atoms with Gasteiger partial charge in [-0.15, -0.1) is 0 Å². The molecule has 0 unspecified atom stereocenters. The lowest BCUT2D eigenvalue weighted by Crippen LogP contribution is -2.34. The quantitative estimate of drug-likeness (QED) is 0.627. The third kappa shape index (κ3) is 4.25. The van der Waals surface area contributed by atoms with E-state index in [-0.39, 0.29) is 0 Å². The van der Waals surface area contributed by atoms with Crippen LogP contribution in [-0.2, 0) is 0 Å². The van der Waals surface area contributed by atoms with Gasteiger partial charge in [0.15, 0.2) is 0 Å². The van der Waals surface area contributed by atoms with Crippen LogP contribution in [0.1, 0.15) is 33.6 Å². The van der Waals surface area contributed by atoms with Gasteiger partial charge >= 0.3 is 0 Å². The smallest absolute Gasteiger partial charge is 0.0205 e. The number of hydrogen-bond acceptors (Lipinski definition) is 2. The van der Waals surface area contributed by atoms with Gasteiger partial charge in [0, 0.05) is 25.2 Å². The molecule has 1 aliphatic carbocycles. The fourth-order valence-electron chi connectivity index (χ4n) is 1.58. The maximum Gasteiger partial charge on any atom is 0.0205 e. The summed E-state index contributed by atoms with van der Waals surface area (Å²) in [6.45, 7) is 14.0. The molecule has 0 saturated heterocycles. The van der Waals surface area contributed by atoms with Crippen LogP contribution in [0.3, 0.4) is 0 Å². The van der Waals surface area contributed by atoms with Crippen molar-refractivity contribution in [3.05, 3.63) is 12.2 Å². The number of nitrogens with zero attached hydrogens (tertiary/aromatic N) is 1. The fourth-order valence-corrected chi connectivity index (χ4v) is 1.58. The Morgan fingerprint density at radius 1 is 1.50 bits per heavy atom. The summed E-state index contributed by atoms with van der Waals surface area (Å²) >= 11 is 0. The second-order valence-electron chi connectivity index (χ2n) is 4.56. The molecule has 2 nitrogen and oxygen atoms in total. The molecule has 0 atom stereocenters. The van der Waals surface area contributed by atoms with E-state index in [2.05, 4.69) is 37.6 Å². The molecule has 1 rings (SSSR count). The summed E-state index contributed by atoms with van der Waals surface area (Å²) in [5.41, 5.74) is 1.31. The van der Waals surface area contributed by atoms with E-state index in [0.29, 0.717) is 6.04 Å². The van der Waals surface area contributed by atoms with Gasteiger partial charge in [0.1, 0.15) is 0 Å². The first-order valence-corrected chi connectivity index (χ1v) is 5.77. The van der Waals surface area contributed by atoms with E-state index in [1.165, 1.54) is 18.4 Å². The number of nitrogens with one attached hydrogen (secondary N) is 1. The molecule has 82 valence electrons. The zero-order valence-corrected chi connectivity index (χ0v) is 9.84. The van der Waals surface area contributed by atoms with Crippen molar-refractivity contribution in [1.29, 1.82) is 0 Å². The van der Waals surface area contributed by atoms with Crippen molar-refractivity contribution in [2.24, 2.45) is 0 Å². The molecule has 0 bridgehead atoms. The Morgan fingerprint density at radius 3 is 2.57 bits per heavy atom. The summed E-state index contributed by atoms with van der Waals surface area (Å²) < 4.78 is 0. The highest BCUT2D eigenvalue weighted by Gasteiger charge is 2.20. The predicted molar refractivity (Wildman–Crippen MR) is 62.5 cm³/mol. The summed E-state index contributed by atoms with van der Waals surface area (Å²) in [6, 6.07) is 1.42. The summed E-state index contributed by atoms with van der Waals surface area (Å²) in [7, 11) is 0. The van der Waals surface area contributed by atoms with Crippen LogP contribution in [0.25, 0.3) is 0 Å². The van der Waals surface area contributed by atoms with Crippen LogP contribution < -0.4 is 5.32 Å². The van der Waals surface area contributed by atoms with Gasteiger partial charge in [0.25, 0.3) is 0 Å². The molecule has 1 N–H and O–H groups in total. The van der Waals surface area contributed by atoms with Gasteiger partial charge in [-0.25, -0.2) is 0 Å². The van der Waals surface area contributed by atoms with Crippen molar-refractivity contribution >= 4 is 0 Å². The minimum Gasteiger partial charge on any atom is -0.310 e. The van der Waals surface area contributed by atoms with Crippen molar-refractivity contribution < 1.29 is 0 Å². The Labute approximate surface area is 88.4 Å². The number of rotatable bonds is 7. The lowest BCUT2D eigenvalue weighted by atomic mass is 10.2. The molecular weight excluding hydrogens is 172 g/mol. The standard InChI is InChI=1S/C12H24N2/c1-5-14(10(2)3)9-11(4)8-13-12-6-7-12/h10,12-13H,4-9H2,1-3H3. The molecule has 1 saturated carbocycles. The van der Waals surface area contributed by atoms with Crippen LogP contribution in [0.5, 0.6) is 0 Å². The van der Waals surface area contributed by atoms with Crippen molar-refractivity contribution in [2.45, 2.75) is 45.7 Å². The predicted octanol–water partition coefficient (Wildman–Crippen LogP) is 2.02. The van der Waals surface area contributed by atoms with Crippen molar-refractivity contribution in [3.63, 3.8) is 0 Å². The van der Waals surface area contributed by atoms with E-state index in [4.69, 9.17) is 0 Å². The van der Waals surface area contributed by atoms with E-state index >= 15 is 0 Å². The van der Waals surface area contributed by atoms with E-state index in [9.17, 15) is 0 Å². The largest absolute Gasteiger partial charge is 0.310 e. The summed E-state index contributed by atoms with van der Waals surface area (Å²) in [5.74, 6) is 0. The Bertz CT molecular complexity index is 183. The first kappa shape index (κ1) is 11.7. The SMILES string of the molecule is C=C(CNC1CC1)CN(CC)C(C)C. The Kier molecular flexibility index (Phi) is 4.63. The van der Waals surface area contributed by atoms with E-state index < -0.39 is 0 Å². The third-order valence-electron chi connectivity index (χ3n) is 2.78. The van der Waals surface area contributed by atoms with Gasteiger partial charge in [-0.2, -0.15) is 0 Å². The zero-order chi connectivity index (χ0) is 10.6. The molecule has 1 aliphatic rings. The molecule has 1 fully saturated rings. The number of hydrogen-bond donors (Lipinski definition) is 1. The lowest BCUT2D eigenvalue weighted by Gasteiger charge is -2.25. The van der Waals surface area contributed by atoms with Gasteiger partial charge in [0.05, 0.1) is 0 Å². The van der Waals surface area contributed by atoms with Gasteiger partial charge in [-0.1, -0.05) is 13.5 Å². The van der Waals surface area contributed by atoms with Crippen LogP contribution in [0.15, 0.2) is 12.2 Å². The maximum atomic E-state index is 4.12. The Hall–Kier alpha value is -0.340. The highest BCUT2D eigenvalue weighted by Crippen LogP contribution is 2.18. The van der Waals surface area contributed by atoms with E-state index in [1.807, 2.05) is 0 Å². The van der Waals surface area contributed by atoms with Crippen LogP contribution >= 0.6 is 0 Å². The molecule has 0 aromatic heterocycles. The highest BCUT2D eigenvalue weighted by atomic mass is 15.1. The first-order valence-electron chi connectivity index (χ1n) is 5.77. The summed E-state index contributed by atoms with van der Waals surface area (Å²) in [6.07, 6.45) is 2.71. The van der Waals surface area contributed by atoms with Crippen molar-refractivity contribution in [2.75, 3.05) is 19.6 Å². The van der Waals surface area contributed by atoms with Gasteiger partial charge < -0.3 is 5.32 Å². The molecule has 0 spiro atoms. The summed E-state index contributed by atoms with van der Waals surface area (Å²) in [4.78, 5) is 2.44. The second-order valence-corrected chi connectivity index (χ2v) is 4.56. The Balaban J connectivity index is 2.15. The van der Waals surface area contributed by atoms with Crippen LogP contribution in [0.2, 0.25) is 0 Å². The second kappa shape index (κ2) is 5.52. The molecule has 0 aliphatic heterocycles. The molecule has 0 aromatic rings. The first-order chi connectivity index (χ1) is 6.63. The van der Waals surface area contributed by atoms with Crippen LogP contribution in [-0.4, -0.2) is 36.6 Å². The van der Waals surface area contributed by atoms with E-state index in [0.717, 1.165) is 25.7 Å². The normalized spacial score (nSPS) is 16.6. The van der Waals surface area contributed by atoms with Crippen LogP contribution in [0, 0.1) is 0 Å². The topological polar surface area (TPSA) is 15.3 Å². The van der Waals surface area contributed by atoms with Crippen molar-refractivity contribution in [1.82, 2.24) is 10.2 Å². The fraction of sp³-hybridized carbons (Fsp3) is 0.833. The van der Waals surface area contributed by atoms with E-state index in [1.54, 1.807) is 0 Å². The van der Waals surface area contributed by atoms with Gasteiger partial charge in [-0.05, 0) is 38.8 Å². The lowest BCUT2D eigenvalue weighted by molar-refractivity contribution is 0.252. The minimum atomic E-state index is 0.623. The average molecular weight is 196 g/mol. The minimum absolute atomic E-state index is 0.623. The monoisotopic (exact) mass is 196 g/mol. The number of likely N-dealkylation sites (N-methyl/N-ethyl adjacent to an activating group) is 1. The highest BCUT2D eigenvalue weighted by molar-refractivity contribution is 5.02. The van der Waals surface area contributed by atoms with Crippen molar-refractivity contribution in [3.8, 4) is 0 Å². The molecule has 0 aromatic carbocycles. The molecular formula is C12H24N2. The summed E-state index contributed by atoms with van der Waals surface area (Å²) in [5, 5.41) is 3.50. The molecule has 2 heteroatoms. The van der Waals surface area contributed by atoms with Gasteiger partial charge in [-0.3, -0.25) is 4.90 Å². The zero-order valence-electron chi connectivity index (χ0n) is 9.84. The molecule has 0 amide bonds. The molecule has 14 heavy (non-hydrogen) atoms. The third-order valence-corrected chi connectivity index (χ3v) is 2.78. The Morgan fingerprint density at radius 2 is 2.14 bits per heavy atom. The molecule has 0 radical (unpaired) electrons. The van der Waals surface area contributed by atoms with Gasteiger partial charge in [0.2, 0.25) is 0 Å². The van der Waals surface area contributed by atoms with Crippen LogP contribution in [0.4, 0.5) is 0 Å². The maximum absolute atomic E-state index is 4.12.